The number of imidazole rings is 1. The number of hydrogen-bond acceptors (Lipinski definition) is 4. The summed E-state index contributed by atoms with van der Waals surface area (Å²) in [7, 11) is 0. The molecule has 1 aliphatic heterocycles. The quantitative estimate of drug-likeness (QED) is 0.935. The van der Waals surface area contributed by atoms with Gasteiger partial charge in [-0.25, -0.2) is 4.98 Å². The zero-order valence-corrected chi connectivity index (χ0v) is 12.5. The molecular weight excluding hydrogens is 256 g/mol. The molecule has 3 rings (SSSR count). The lowest BCUT2D eigenvalue weighted by atomic mass is 10.1. The van der Waals surface area contributed by atoms with Gasteiger partial charge in [-0.2, -0.15) is 0 Å². The molecule has 4 nitrogen and oxygen atoms in total. The first-order chi connectivity index (χ1) is 9.20. The predicted octanol–water partition coefficient (Wildman–Crippen LogP) is 2.66. The van der Waals surface area contributed by atoms with Crippen LogP contribution in [0.1, 0.15) is 38.8 Å². The monoisotopic (exact) mass is 278 g/mol. The molecule has 0 bridgehead atoms. The van der Waals surface area contributed by atoms with Crippen molar-refractivity contribution < 1.29 is 0 Å². The summed E-state index contributed by atoms with van der Waals surface area (Å²) in [6.45, 7) is 5.47. The van der Waals surface area contributed by atoms with E-state index in [1.807, 2.05) is 0 Å². The second kappa shape index (κ2) is 5.13. The Bertz CT molecular complexity index is 557. The Balaban J connectivity index is 2.03. The van der Waals surface area contributed by atoms with Crippen molar-refractivity contribution in [3.05, 3.63) is 17.3 Å². The molecule has 0 aliphatic carbocycles. The van der Waals surface area contributed by atoms with E-state index in [1.165, 1.54) is 30.8 Å². The molecule has 1 aliphatic rings. The van der Waals surface area contributed by atoms with Gasteiger partial charge in [0.05, 0.1) is 5.69 Å². The highest BCUT2D eigenvalue weighted by Crippen LogP contribution is 2.32. The van der Waals surface area contributed by atoms with Crippen LogP contribution in [0.4, 0.5) is 5.82 Å². The molecule has 0 spiro atoms. The molecule has 1 saturated heterocycles. The zero-order chi connectivity index (χ0) is 13.4. The maximum absolute atomic E-state index is 6.02. The van der Waals surface area contributed by atoms with Crippen molar-refractivity contribution in [2.45, 2.75) is 51.6 Å². The molecule has 2 aromatic heterocycles. The molecule has 0 amide bonds. The Morgan fingerprint density at radius 1 is 1.58 bits per heavy atom. The molecule has 3 heterocycles. The molecule has 0 radical (unpaired) electrons. The van der Waals surface area contributed by atoms with Gasteiger partial charge in [-0.1, -0.05) is 6.92 Å². The average Bonchev–Trinajstić information content (AvgIpc) is 3.04. The minimum Gasteiger partial charge on any atom is -0.352 e. The van der Waals surface area contributed by atoms with Crippen LogP contribution in [0, 0.1) is 0 Å². The van der Waals surface area contributed by atoms with Gasteiger partial charge in [0.15, 0.2) is 10.8 Å². The summed E-state index contributed by atoms with van der Waals surface area (Å²) in [6, 6.07) is 0.817. The van der Waals surface area contributed by atoms with E-state index in [0.717, 1.165) is 17.9 Å². The van der Waals surface area contributed by atoms with Gasteiger partial charge in [-0.15, -0.1) is 11.3 Å². The molecule has 5 heteroatoms. The lowest BCUT2D eigenvalue weighted by Gasteiger charge is -2.25. The number of anilines is 1. The van der Waals surface area contributed by atoms with E-state index in [1.54, 1.807) is 11.3 Å². The molecule has 2 aromatic rings. The fraction of sp³-hybridized carbons (Fsp3) is 0.643. The maximum Gasteiger partial charge on any atom is 0.195 e. The number of nitrogens with two attached hydrogens (primary N) is 1. The minimum atomic E-state index is 0.168. The predicted molar refractivity (Wildman–Crippen MR) is 81.1 cm³/mol. The van der Waals surface area contributed by atoms with Gasteiger partial charge in [0, 0.05) is 36.6 Å². The Morgan fingerprint density at radius 2 is 2.42 bits per heavy atom. The summed E-state index contributed by atoms with van der Waals surface area (Å²) < 4.78 is 2.22. The van der Waals surface area contributed by atoms with Crippen molar-refractivity contribution >= 4 is 22.1 Å². The number of thiazole rings is 1. The van der Waals surface area contributed by atoms with Gasteiger partial charge in [-0.05, 0) is 26.2 Å². The summed E-state index contributed by atoms with van der Waals surface area (Å²) in [5, 5.41) is 2.10. The SMILES string of the molecule is CCC1CCCN1c1nc2sccn2c1CC(C)N. The molecule has 1 fully saturated rings. The van der Waals surface area contributed by atoms with Gasteiger partial charge < -0.3 is 10.6 Å². The number of hydrogen-bond donors (Lipinski definition) is 1. The number of aromatic nitrogens is 2. The third kappa shape index (κ3) is 2.25. The van der Waals surface area contributed by atoms with Gasteiger partial charge in [0.1, 0.15) is 0 Å². The van der Waals surface area contributed by atoms with Crippen molar-refractivity contribution in [1.82, 2.24) is 9.38 Å². The van der Waals surface area contributed by atoms with Crippen LogP contribution in [0.2, 0.25) is 0 Å². The Kier molecular flexibility index (Phi) is 3.50. The maximum atomic E-state index is 6.02. The molecule has 2 unspecified atom stereocenters. The van der Waals surface area contributed by atoms with E-state index in [9.17, 15) is 0 Å². The van der Waals surface area contributed by atoms with Crippen LogP contribution in [0.3, 0.4) is 0 Å². The summed E-state index contributed by atoms with van der Waals surface area (Å²) in [6.07, 6.45) is 6.77. The lowest BCUT2D eigenvalue weighted by Crippen LogP contribution is -2.30. The van der Waals surface area contributed by atoms with Gasteiger partial charge in [-0.3, -0.25) is 4.40 Å². The van der Waals surface area contributed by atoms with Crippen LogP contribution < -0.4 is 10.6 Å². The molecule has 19 heavy (non-hydrogen) atoms. The van der Waals surface area contributed by atoms with Gasteiger partial charge >= 0.3 is 0 Å². The summed E-state index contributed by atoms with van der Waals surface area (Å²) in [5.74, 6) is 1.17. The smallest absolute Gasteiger partial charge is 0.195 e. The third-order valence-electron chi connectivity index (χ3n) is 3.98. The van der Waals surface area contributed by atoms with E-state index in [-0.39, 0.29) is 6.04 Å². The van der Waals surface area contributed by atoms with Gasteiger partial charge in [0.25, 0.3) is 0 Å². The lowest BCUT2D eigenvalue weighted by molar-refractivity contribution is 0.635. The fourth-order valence-corrected chi connectivity index (χ4v) is 3.81. The molecule has 104 valence electrons. The van der Waals surface area contributed by atoms with E-state index >= 15 is 0 Å². The van der Waals surface area contributed by atoms with Crippen molar-refractivity contribution in [1.29, 1.82) is 0 Å². The Labute approximate surface area is 118 Å². The van der Waals surface area contributed by atoms with Crippen LogP contribution >= 0.6 is 11.3 Å². The van der Waals surface area contributed by atoms with Crippen LogP contribution in [0.15, 0.2) is 11.6 Å². The van der Waals surface area contributed by atoms with Crippen LogP contribution in [0.5, 0.6) is 0 Å². The molecule has 2 atom stereocenters. The van der Waals surface area contributed by atoms with E-state index in [4.69, 9.17) is 10.7 Å². The summed E-state index contributed by atoms with van der Waals surface area (Å²) >= 11 is 1.70. The van der Waals surface area contributed by atoms with Crippen molar-refractivity contribution in [3.8, 4) is 0 Å². The van der Waals surface area contributed by atoms with E-state index in [0.29, 0.717) is 6.04 Å². The van der Waals surface area contributed by atoms with Crippen molar-refractivity contribution in [2.75, 3.05) is 11.4 Å². The first kappa shape index (κ1) is 12.9. The first-order valence-corrected chi connectivity index (χ1v) is 8.05. The third-order valence-corrected chi connectivity index (χ3v) is 4.73. The van der Waals surface area contributed by atoms with Crippen molar-refractivity contribution in [3.63, 3.8) is 0 Å². The summed E-state index contributed by atoms with van der Waals surface area (Å²) in [4.78, 5) is 8.45. The highest BCUT2D eigenvalue weighted by Gasteiger charge is 2.28. The second-order valence-electron chi connectivity index (χ2n) is 5.52. The minimum absolute atomic E-state index is 0.168. The van der Waals surface area contributed by atoms with Crippen LogP contribution in [-0.2, 0) is 6.42 Å². The topological polar surface area (TPSA) is 46.6 Å². The number of fused-ring (bicyclic) bond motifs is 1. The highest BCUT2D eigenvalue weighted by molar-refractivity contribution is 7.15. The second-order valence-corrected chi connectivity index (χ2v) is 6.39. The van der Waals surface area contributed by atoms with Crippen LogP contribution in [-0.4, -0.2) is 28.0 Å². The van der Waals surface area contributed by atoms with Crippen LogP contribution in [0.25, 0.3) is 4.96 Å². The fourth-order valence-electron chi connectivity index (χ4n) is 3.08. The van der Waals surface area contributed by atoms with Gasteiger partial charge in [0.2, 0.25) is 0 Å². The van der Waals surface area contributed by atoms with Crippen molar-refractivity contribution in [2.24, 2.45) is 5.73 Å². The molecule has 2 N–H and O–H groups in total. The number of rotatable bonds is 4. The van der Waals surface area contributed by atoms with E-state index < -0.39 is 0 Å². The Hall–Kier alpha value is -1.07. The number of nitrogens with zero attached hydrogens (tertiary/aromatic N) is 3. The zero-order valence-electron chi connectivity index (χ0n) is 11.7. The highest BCUT2D eigenvalue weighted by atomic mass is 32.1. The normalized spacial score (nSPS) is 21.4. The standard InChI is InChI=1S/C14H22N4S/c1-3-11-5-4-6-17(11)13-12(9-10(2)15)18-7-8-19-14(18)16-13/h7-8,10-11H,3-6,9,15H2,1-2H3. The largest absolute Gasteiger partial charge is 0.352 e. The molecule has 0 saturated carbocycles. The average molecular weight is 278 g/mol. The molecular formula is C14H22N4S. The molecule has 0 aromatic carbocycles. The Morgan fingerprint density at radius 3 is 3.16 bits per heavy atom. The summed E-state index contributed by atoms with van der Waals surface area (Å²) in [5.41, 5.74) is 7.31. The van der Waals surface area contributed by atoms with E-state index in [2.05, 4.69) is 34.7 Å². The first-order valence-electron chi connectivity index (χ1n) is 7.17.